The maximum absolute atomic E-state index is 11.3. The van der Waals surface area contributed by atoms with E-state index in [1.165, 1.54) is 0 Å². The standard InChI is InChI=1S/C19H16N4O3S/c1-12-7-14-5-6-21-10-17(14)16(8-12)19-22-18(23-26-19)15-4-2-3-13(9-15)11-27(20,24)25/h2-10H,11H2,1H3,(H2,20,24,25). The van der Waals surface area contributed by atoms with Crippen LogP contribution in [0.4, 0.5) is 0 Å². The maximum atomic E-state index is 11.3. The summed E-state index contributed by atoms with van der Waals surface area (Å²) in [7, 11) is -3.61. The lowest BCUT2D eigenvalue weighted by atomic mass is 10.0. The minimum atomic E-state index is -3.61. The lowest BCUT2D eigenvalue weighted by Crippen LogP contribution is -2.14. The van der Waals surface area contributed by atoms with Crippen LogP contribution in [0.15, 0.2) is 59.4 Å². The van der Waals surface area contributed by atoms with Crippen molar-refractivity contribution in [1.29, 1.82) is 0 Å². The van der Waals surface area contributed by atoms with Gasteiger partial charge in [0.15, 0.2) is 0 Å². The maximum Gasteiger partial charge on any atom is 0.258 e. The molecule has 0 saturated carbocycles. The van der Waals surface area contributed by atoms with E-state index in [1.807, 2.05) is 19.1 Å². The molecule has 0 amide bonds. The summed E-state index contributed by atoms with van der Waals surface area (Å²) < 4.78 is 28.1. The first-order chi connectivity index (χ1) is 12.9. The summed E-state index contributed by atoms with van der Waals surface area (Å²) in [6, 6.07) is 12.9. The van der Waals surface area contributed by atoms with Crippen LogP contribution in [-0.4, -0.2) is 23.5 Å². The van der Waals surface area contributed by atoms with Crippen molar-refractivity contribution in [2.45, 2.75) is 12.7 Å². The summed E-state index contributed by atoms with van der Waals surface area (Å²) in [4.78, 5) is 8.67. The van der Waals surface area contributed by atoms with E-state index in [0.29, 0.717) is 22.8 Å². The Balaban J connectivity index is 1.76. The first kappa shape index (κ1) is 17.3. The van der Waals surface area contributed by atoms with E-state index in [2.05, 4.69) is 21.2 Å². The highest BCUT2D eigenvalue weighted by atomic mass is 32.2. The highest BCUT2D eigenvalue weighted by molar-refractivity contribution is 7.88. The van der Waals surface area contributed by atoms with E-state index < -0.39 is 10.0 Å². The number of nitrogens with two attached hydrogens (primary N) is 1. The minimum Gasteiger partial charge on any atom is -0.334 e. The van der Waals surface area contributed by atoms with Crippen LogP contribution in [0.3, 0.4) is 0 Å². The number of nitrogens with zero attached hydrogens (tertiary/aromatic N) is 3. The number of pyridine rings is 1. The second-order valence-electron chi connectivity index (χ2n) is 6.34. The van der Waals surface area contributed by atoms with Crippen molar-refractivity contribution < 1.29 is 12.9 Å². The van der Waals surface area contributed by atoms with Crippen LogP contribution in [-0.2, 0) is 15.8 Å². The number of aromatic nitrogens is 3. The van der Waals surface area contributed by atoms with Gasteiger partial charge in [0.05, 0.1) is 5.75 Å². The molecule has 0 fully saturated rings. The van der Waals surface area contributed by atoms with Crippen molar-refractivity contribution in [2.24, 2.45) is 5.14 Å². The molecule has 0 unspecified atom stereocenters. The Morgan fingerprint density at radius 2 is 2.00 bits per heavy atom. The summed E-state index contributed by atoms with van der Waals surface area (Å²) >= 11 is 0. The molecule has 0 radical (unpaired) electrons. The van der Waals surface area contributed by atoms with Gasteiger partial charge in [-0.3, -0.25) is 4.98 Å². The van der Waals surface area contributed by atoms with Crippen molar-refractivity contribution in [2.75, 3.05) is 0 Å². The molecule has 0 bridgehead atoms. The third-order valence-corrected chi connectivity index (χ3v) is 4.85. The van der Waals surface area contributed by atoms with Gasteiger partial charge >= 0.3 is 0 Å². The van der Waals surface area contributed by atoms with Crippen LogP contribution in [0.1, 0.15) is 11.1 Å². The fraction of sp³-hybridized carbons (Fsp3) is 0.105. The van der Waals surface area contributed by atoms with Crippen LogP contribution in [0.5, 0.6) is 0 Å². The zero-order chi connectivity index (χ0) is 19.0. The van der Waals surface area contributed by atoms with Gasteiger partial charge in [-0.05, 0) is 41.6 Å². The summed E-state index contributed by atoms with van der Waals surface area (Å²) in [6.45, 7) is 2.00. The van der Waals surface area contributed by atoms with Crippen LogP contribution >= 0.6 is 0 Å². The Labute approximate surface area is 155 Å². The zero-order valence-corrected chi connectivity index (χ0v) is 15.3. The summed E-state index contributed by atoms with van der Waals surface area (Å²) in [5, 5.41) is 11.1. The van der Waals surface area contributed by atoms with E-state index in [-0.39, 0.29) is 5.75 Å². The number of hydrogen-bond donors (Lipinski definition) is 1. The van der Waals surface area contributed by atoms with E-state index in [0.717, 1.165) is 21.9 Å². The molecular weight excluding hydrogens is 364 g/mol. The largest absolute Gasteiger partial charge is 0.334 e. The van der Waals surface area contributed by atoms with Crippen molar-refractivity contribution in [1.82, 2.24) is 15.1 Å². The third kappa shape index (κ3) is 3.71. The first-order valence-electron chi connectivity index (χ1n) is 8.17. The van der Waals surface area contributed by atoms with E-state index in [1.54, 1.807) is 36.7 Å². The van der Waals surface area contributed by atoms with Crippen LogP contribution in [0.2, 0.25) is 0 Å². The second-order valence-corrected chi connectivity index (χ2v) is 7.95. The number of aryl methyl sites for hydroxylation is 1. The molecule has 2 heterocycles. The molecule has 136 valence electrons. The number of sulfonamides is 1. The van der Waals surface area contributed by atoms with Gasteiger partial charge in [-0.25, -0.2) is 13.6 Å². The smallest absolute Gasteiger partial charge is 0.258 e. The zero-order valence-electron chi connectivity index (χ0n) is 14.5. The molecule has 2 N–H and O–H groups in total. The highest BCUT2D eigenvalue weighted by Gasteiger charge is 2.15. The highest BCUT2D eigenvalue weighted by Crippen LogP contribution is 2.30. The van der Waals surface area contributed by atoms with Gasteiger partial charge < -0.3 is 4.52 Å². The Kier molecular flexibility index (Phi) is 4.21. The Hall–Kier alpha value is -3.10. The quantitative estimate of drug-likeness (QED) is 0.582. The van der Waals surface area contributed by atoms with E-state index in [4.69, 9.17) is 9.66 Å². The van der Waals surface area contributed by atoms with Crippen molar-refractivity contribution >= 4 is 20.8 Å². The lowest BCUT2D eigenvalue weighted by Gasteiger charge is -2.04. The van der Waals surface area contributed by atoms with Crippen molar-refractivity contribution in [3.63, 3.8) is 0 Å². The third-order valence-electron chi connectivity index (χ3n) is 4.11. The number of hydrogen-bond acceptors (Lipinski definition) is 6. The average molecular weight is 380 g/mol. The van der Waals surface area contributed by atoms with Gasteiger partial charge in [-0.1, -0.05) is 29.4 Å². The molecule has 7 nitrogen and oxygen atoms in total. The Bertz CT molecular complexity index is 1250. The van der Waals surface area contributed by atoms with Crippen LogP contribution in [0.25, 0.3) is 33.6 Å². The van der Waals surface area contributed by atoms with Crippen LogP contribution in [0, 0.1) is 6.92 Å². The Morgan fingerprint density at radius 1 is 1.15 bits per heavy atom. The molecule has 4 rings (SSSR count). The topological polar surface area (TPSA) is 112 Å². The Morgan fingerprint density at radius 3 is 2.81 bits per heavy atom. The summed E-state index contributed by atoms with van der Waals surface area (Å²) in [5.41, 5.74) is 3.09. The minimum absolute atomic E-state index is 0.250. The molecule has 0 aliphatic carbocycles. The van der Waals surface area contributed by atoms with Crippen LogP contribution < -0.4 is 5.14 Å². The molecule has 0 aliphatic heterocycles. The predicted octanol–water partition coefficient (Wildman–Crippen LogP) is 3.05. The van der Waals surface area contributed by atoms with Crippen molar-refractivity contribution in [3.05, 3.63) is 66.0 Å². The molecule has 27 heavy (non-hydrogen) atoms. The van der Waals surface area contributed by atoms with Gasteiger partial charge in [0.25, 0.3) is 5.89 Å². The van der Waals surface area contributed by atoms with E-state index in [9.17, 15) is 8.42 Å². The molecule has 0 spiro atoms. The van der Waals surface area contributed by atoms with Crippen molar-refractivity contribution in [3.8, 4) is 22.8 Å². The van der Waals surface area contributed by atoms with Gasteiger partial charge in [0.1, 0.15) is 0 Å². The molecule has 0 atom stereocenters. The average Bonchev–Trinajstić information content (AvgIpc) is 3.10. The molecule has 8 heteroatoms. The fourth-order valence-corrected chi connectivity index (χ4v) is 3.65. The number of primary sulfonamides is 1. The van der Waals surface area contributed by atoms with Gasteiger partial charge in [-0.2, -0.15) is 4.98 Å². The number of fused-ring (bicyclic) bond motifs is 1. The van der Waals surface area contributed by atoms with Gasteiger partial charge in [0.2, 0.25) is 15.8 Å². The monoisotopic (exact) mass is 380 g/mol. The number of rotatable bonds is 4. The summed E-state index contributed by atoms with van der Waals surface area (Å²) in [5.74, 6) is 0.503. The lowest BCUT2D eigenvalue weighted by molar-refractivity contribution is 0.432. The van der Waals surface area contributed by atoms with E-state index >= 15 is 0 Å². The fourth-order valence-electron chi connectivity index (χ4n) is 3.01. The molecule has 0 aliphatic rings. The number of benzene rings is 2. The SMILES string of the molecule is Cc1cc(-c2nc(-c3cccc(CS(N)(=O)=O)c3)no2)c2cnccc2c1. The normalized spacial score (nSPS) is 11.8. The molecule has 0 saturated heterocycles. The molecule has 2 aromatic carbocycles. The van der Waals surface area contributed by atoms with Gasteiger partial charge in [0, 0.05) is 28.9 Å². The summed E-state index contributed by atoms with van der Waals surface area (Å²) in [6.07, 6.45) is 3.50. The van der Waals surface area contributed by atoms with Gasteiger partial charge in [-0.15, -0.1) is 0 Å². The predicted molar refractivity (Wildman–Crippen MR) is 102 cm³/mol. The molecule has 4 aromatic rings. The molecule has 2 aromatic heterocycles. The second kappa shape index (κ2) is 6.57. The first-order valence-corrected chi connectivity index (χ1v) is 9.89. The molecular formula is C19H16N4O3S.